The van der Waals surface area contributed by atoms with E-state index in [2.05, 4.69) is 5.32 Å². The van der Waals surface area contributed by atoms with Gasteiger partial charge in [-0.1, -0.05) is 30.3 Å². The lowest BCUT2D eigenvalue weighted by Gasteiger charge is -2.27. The Morgan fingerprint density at radius 2 is 1.52 bits per heavy atom. The van der Waals surface area contributed by atoms with Crippen molar-refractivity contribution in [1.29, 1.82) is 0 Å². The smallest absolute Gasteiger partial charge is 0.127 e. The molecule has 1 aliphatic rings. The zero-order valence-electron chi connectivity index (χ0n) is 12.0. The second kappa shape index (κ2) is 6.74. The molecule has 0 radical (unpaired) electrons. The molecule has 2 aromatic rings. The van der Waals surface area contributed by atoms with Crippen molar-refractivity contribution in [2.45, 2.75) is 18.9 Å². The SMILES string of the molecule is OC(c1ccc(Oc2ccccc2)cc1)C1CCNCC1. The standard InChI is InChI=1S/C18H21NO2/c20-18(15-10-12-19-13-11-15)14-6-8-17(9-7-14)21-16-4-2-1-3-5-16/h1-9,15,18-20H,10-13H2. The number of rotatable bonds is 4. The van der Waals surface area contributed by atoms with Gasteiger partial charge in [-0.2, -0.15) is 0 Å². The molecule has 1 atom stereocenters. The predicted molar refractivity (Wildman–Crippen MR) is 83.5 cm³/mol. The molecule has 0 aromatic heterocycles. The predicted octanol–water partition coefficient (Wildman–Crippen LogP) is 3.51. The zero-order chi connectivity index (χ0) is 14.5. The summed E-state index contributed by atoms with van der Waals surface area (Å²) in [4.78, 5) is 0. The normalized spacial score (nSPS) is 17.4. The van der Waals surface area contributed by atoms with Crippen molar-refractivity contribution in [3.8, 4) is 11.5 Å². The molecule has 3 heteroatoms. The van der Waals surface area contributed by atoms with Crippen LogP contribution in [0.5, 0.6) is 11.5 Å². The molecule has 3 rings (SSSR count). The Morgan fingerprint density at radius 1 is 0.905 bits per heavy atom. The number of aliphatic hydroxyl groups excluding tert-OH is 1. The Balaban J connectivity index is 1.66. The van der Waals surface area contributed by atoms with Crippen LogP contribution in [0.4, 0.5) is 0 Å². The molecule has 1 saturated heterocycles. The van der Waals surface area contributed by atoms with E-state index in [4.69, 9.17) is 4.74 Å². The molecule has 0 bridgehead atoms. The summed E-state index contributed by atoms with van der Waals surface area (Å²) in [6, 6.07) is 17.5. The third-order valence-electron chi connectivity index (χ3n) is 4.03. The molecule has 0 spiro atoms. The van der Waals surface area contributed by atoms with E-state index in [9.17, 15) is 5.11 Å². The molecule has 0 amide bonds. The van der Waals surface area contributed by atoms with Crippen molar-refractivity contribution in [1.82, 2.24) is 5.32 Å². The van der Waals surface area contributed by atoms with Crippen LogP contribution in [0.1, 0.15) is 24.5 Å². The van der Waals surface area contributed by atoms with Gasteiger partial charge in [-0.15, -0.1) is 0 Å². The van der Waals surface area contributed by atoms with Crippen LogP contribution < -0.4 is 10.1 Å². The van der Waals surface area contributed by atoms with E-state index in [0.29, 0.717) is 5.92 Å². The maximum absolute atomic E-state index is 10.5. The molecular formula is C18H21NO2. The van der Waals surface area contributed by atoms with Gasteiger partial charge in [0.15, 0.2) is 0 Å². The third kappa shape index (κ3) is 3.63. The highest BCUT2D eigenvalue weighted by atomic mass is 16.5. The third-order valence-corrected chi connectivity index (χ3v) is 4.03. The minimum atomic E-state index is -0.377. The number of aliphatic hydroxyl groups is 1. The van der Waals surface area contributed by atoms with Crippen molar-refractivity contribution in [3.05, 3.63) is 60.2 Å². The highest BCUT2D eigenvalue weighted by molar-refractivity contribution is 5.33. The van der Waals surface area contributed by atoms with E-state index < -0.39 is 0 Å². The number of para-hydroxylation sites is 1. The quantitative estimate of drug-likeness (QED) is 0.902. The number of hydrogen-bond donors (Lipinski definition) is 2. The van der Waals surface area contributed by atoms with Crippen molar-refractivity contribution in [2.24, 2.45) is 5.92 Å². The first-order valence-electron chi connectivity index (χ1n) is 7.54. The summed E-state index contributed by atoms with van der Waals surface area (Å²) < 4.78 is 5.77. The first-order chi connectivity index (χ1) is 10.3. The van der Waals surface area contributed by atoms with Crippen LogP contribution in [0, 0.1) is 5.92 Å². The summed E-state index contributed by atoms with van der Waals surface area (Å²) in [5, 5.41) is 13.8. The molecule has 21 heavy (non-hydrogen) atoms. The van der Waals surface area contributed by atoms with E-state index in [1.807, 2.05) is 54.6 Å². The zero-order valence-corrected chi connectivity index (χ0v) is 12.0. The van der Waals surface area contributed by atoms with Gasteiger partial charge >= 0.3 is 0 Å². The molecule has 110 valence electrons. The fraction of sp³-hybridized carbons (Fsp3) is 0.333. The van der Waals surface area contributed by atoms with Crippen LogP contribution in [0.3, 0.4) is 0 Å². The number of ether oxygens (including phenoxy) is 1. The first kappa shape index (κ1) is 14.1. The monoisotopic (exact) mass is 283 g/mol. The summed E-state index contributed by atoms with van der Waals surface area (Å²) in [5.41, 5.74) is 0.974. The molecule has 1 aliphatic heterocycles. The molecule has 0 saturated carbocycles. The van der Waals surface area contributed by atoms with E-state index in [1.165, 1.54) is 0 Å². The van der Waals surface area contributed by atoms with Crippen molar-refractivity contribution < 1.29 is 9.84 Å². The molecule has 1 heterocycles. The lowest BCUT2D eigenvalue weighted by molar-refractivity contribution is 0.0889. The fourth-order valence-corrected chi connectivity index (χ4v) is 2.79. The highest BCUT2D eigenvalue weighted by Crippen LogP contribution is 2.30. The second-order valence-electron chi connectivity index (χ2n) is 5.52. The van der Waals surface area contributed by atoms with Crippen LogP contribution in [0.25, 0.3) is 0 Å². The lowest BCUT2D eigenvalue weighted by atomic mass is 9.88. The van der Waals surface area contributed by atoms with Gasteiger partial charge in [-0.05, 0) is 61.7 Å². The fourth-order valence-electron chi connectivity index (χ4n) is 2.79. The van der Waals surface area contributed by atoms with Crippen LogP contribution in [0.2, 0.25) is 0 Å². The van der Waals surface area contributed by atoms with E-state index in [-0.39, 0.29) is 6.10 Å². The van der Waals surface area contributed by atoms with Crippen molar-refractivity contribution in [3.63, 3.8) is 0 Å². The average Bonchev–Trinajstić information content (AvgIpc) is 2.57. The van der Waals surface area contributed by atoms with Crippen LogP contribution in [-0.4, -0.2) is 18.2 Å². The van der Waals surface area contributed by atoms with Crippen LogP contribution in [-0.2, 0) is 0 Å². The van der Waals surface area contributed by atoms with Gasteiger partial charge in [0.2, 0.25) is 0 Å². The average molecular weight is 283 g/mol. The molecule has 1 fully saturated rings. The highest BCUT2D eigenvalue weighted by Gasteiger charge is 2.22. The Kier molecular flexibility index (Phi) is 4.53. The van der Waals surface area contributed by atoms with E-state index >= 15 is 0 Å². The minimum absolute atomic E-state index is 0.354. The Morgan fingerprint density at radius 3 is 2.19 bits per heavy atom. The maximum Gasteiger partial charge on any atom is 0.127 e. The van der Waals surface area contributed by atoms with Gasteiger partial charge in [0.25, 0.3) is 0 Å². The van der Waals surface area contributed by atoms with Crippen LogP contribution >= 0.6 is 0 Å². The largest absolute Gasteiger partial charge is 0.457 e. The van der Waals surface area contributed by atoms with Gasteiger partial charge in [0.1, 0.15) is 11.5 Å². The van der Waals surface area contributed by atoms with Gasteiger partial charge in [0.05, 0.1) is 6.10 Å². The molecule has 2 aromatic carbocycles. The van der Waals surface area contributed by atoms with Crippen molar-refractivity contribution in [2.75, 3.05) is 13.1 Å². The molecule has 1 unspecified atom stereocenters. The second-order valence-corrected chi connectivity index (χ2v) is 5.52. The number of hydrogen-bond acceptors (Lipinski definition) is 3. The van der Waals surface area contributed by atoms with Crippen molar-refractivity contribution >= 4 is 0 Å². The summed E-state index contributed by atoms with van der Waals surface area (Å²) >= 11 is 0. The Labute approximate surface area is 125 Å². The van der Waals surface area contributed by atoms with E-state index in [0.717, 1.165) is 43.0 Å². The molecule has 2 N–H and O–H groups in total. The number of benzene rings is 2. The maximum atomic E-state index is 10.5. The number of piperidine rings is 1. The summed E-state index contributed by atoms with van der Waals surface area (Å²) in [5.74, 6) is 1.97. The number of nitrogens with one attached hydrogen (secondary N) is 1. The summed E-state index contributed by atoms with van der Waals surface area (Å²) in [6.45, 7) is 1.99. The first-order valence-corrected chi connectivity index (χ1v) is 7.54. The minimum Gasteiger partial charge on any atom is -0.457 e. The van der Waals surface area contributed by atoms with Gasteiger partial charge in [-0.25, -0.2) is 0 Å². The molecule has 3 nitrogen and oxygen atoms in total. The van der Waals surface area contributed by atoms with Crippen LogP contribution in [0.15, 0.2) is 54.6 Å². The van der Waals surface area contributed by atoms with E-state index in [1.54, 1.807) is 0 Å². The molecule has 0 aliphatic carbocycles. The van der Waals surface area contributed by atoms with Gasteiger partial charge < -0.3 is 15.2 Å². The Hall–Kier alpha value is -1.84. The topological polar surface area (TPSA) is 41.5 Å². The van der Waals surface area contributed by atoms with Gasteiger partial charge in [-0.3, -0.25) is 0 Å². The summed E-state index contributed by atoms with van der Waals surface area (Å²) in [6.07, 6.45) is 1.69. The van der Waals surface area contributed by atoms with Gasteiger partial charge in [0, 0.05) is 0 Å². The molecular weight excluding hydrogens is 262 g/mol. The Bertz CT molecular complexity index is 547. The lowest BCUT2D eigenvalue weighted by Crippen LogP contribution is -2.30. The summed E-state index contributed by atoms with van der Waals surface area (Å²) in [7, 11) is 0.